The van der Waals surface area contributed by atoms with Gasteiger partial charge < -0.3 is 10.1 Å². The molecule has 1 aromatic rings. The first kappa shape index (κ1) is 7.00. The van der Waals surface area contributed by atoms with E-state index in [-0.39, 0.29) is 5.56 Å². The molecule has 11 heavy (non-hydrogen) atoms. The van der Waals surface area contributed by atoms with Gasteiger partial charge in [0.05, 0.1) is 5.69 Å². The summed E-state index contributed by atoms with van der Waals surface area (Å²) < 4.78 is 5.15. The van der Waals surface area contributed by atoms with Gasteiger partial charge in [0, 0.05) is 12.0 Å². The van der Waals surface area contributed by atoms with Gasteiger partial charge in [0.15, 0.2) is 5.56 Å². The van der Waals surface area contributed by atoms with Crippen LogP contribution in [0.25, 0.3) is 0 Å². The van der Waals surface area contributed by atoms with Crippen molar-refractivity contribution in [3.8, 4) is 0 Å². The highest BCUT2D eigenvalue weighted by Crippen LogP contribution is 2.37. The van der Waals surface area contributed by atoms with E-state index in [0.717, 1.165) is 0 Å². The number of fused-ring (bicyclic) bond motifs is 1. The Morgan fingerprint density at radius 3 is 3.00 bits per heavy atom. The van der Waals surface area contributed by atoms with Crippen LogP contribution in [0.1, 0.15) is 0 Å². The molecule has 0 aromatic heterocycles. The van der Waals surface area contributed by atoms with Crippen molar-refractivity contribution in [2.24, 2.45) is 0 Å². The average Bonchev–Trinajstić information content (AvgIpc) is 2.46. The van der Waals surface area contributed by atoms with E-state index >= 15 is 0 Å². The van der Waals surface area contributed by atoms with Gasteiger partial charge in [0.25, 0.3) is 0 Å². The molecule has 2 nitrogen and oxygen atoms in total. The third-order valence-corrected chi connectivity index (χ3v) is 2.74. The monoisotopic (exact) mass is 167 g/mol. The summed E-state index contributed by atoms with van der Waals surface area (Å²) in [4.78, 5) is 1.26. The van der Waals surface area contributed by atoms with Gasteiger partial charge in [0.1, 0.15) is 0 Å². The second-order valence-corrected chi connectivity index (χ2v) is 3.43. The quantitative estimate of drug-likeness (QED) is 0.692. The molecule has 58 valence electrons. The number of hydrogen-bond donors (Lipinski definition) is 1. The Labute approximate surface area is 69.9 Å². The van der Waals surface area contributed by atoms with Crippen LogP contribution in [0.3, 0.4) is 0 Å². The molecule has 0 fully saturated rings. The number of hydrogen-bond acceptors (Lipinski definition) is 3. The third-order valence-electron chi connectivity index (χ3n) is 1.61. The first-order valence-corrected chi connectivity index (χ1v) is 4.33. The lowest BCUT2D eigenvalue weighted by atomic mass is 10.3. The molecular formula is C8H9NOS. The molecule has 1 atom stereocenters. The third kappa shape index (κ3) is 1.21. The minimum absolute atomic E-state index is 0.0902. The summed E-state index contributed by atoms with van der Waals surface area (Å²) in [6.07, 6.45) is 0. The Kier molecular flexibility index (Phi) is 1.75. The normalized spacial score (nSPS) is 21.0. The van der Waals surface area contributed by atoms with Crippen molar-refractivity contribution in [3.63, 3.8) is 0 Å². The summed E-state index contributed by atoms with van der Waals surface area (Å²) >= 11 is 1.70. The SMILES string of the molecule is CO[C@H]1Nc2ccccc2S1. The van der Waals surface area contributed by atoms with E-state index in [1.54, 1.807) is 18.9 Å². The molecule has 0 radical (unpaired) electrons. The zero-order chi connectivity index (χ0) is 7.68. The highest BCUT2D eigenvalue weighted by Gasteiger charge is 2.19. The van der Waals surface area contributed by atoms with Gasteiger partial charge in [-0.15, -0.1) is 0 Å². The number of rotatable bonds is 1. The van der Waals surface area contributed by atoms with Crippen LogP contribution in [0.5, 0.6) is 0 Å². The summed E-state index contributed by atoms with van der Waals surface area (Å²) in [7, 11) is 1.70. The summed E-state index contributed by atoms with van der Waals surface area (Å²) in [6, 6.07) is 8.20. The van der Waals surface area contributed by atoms with Gasteiger partial charge >= 0.3 is 0 Å². The van der Waals surface area contributed by atoms with Crippen LogP contribution >= 0.6 is 11.8 Å². The summed E-state index contributed by atoms with van der Waals surface area (Å²) in [5.41, 5.74) is 1.26. The Morgan fingerprint density at radius 2 is 2.27 bits per heavy atom. The number of methoxy groups -OCH3 is 1. The van der Waals surface area contributed by atoms with E-state index in [1.807, 2.05) is 12.1 Å². The lowest BCUT2D eigenvalue weighted by Gasteiger charge is -2.05. The van der Waals surface area contributed by atoms with Crippen molar-refractivity contribution in [2.45, 2.75) is 10.5 Å². The Morgan fingerprint density at radius 1 is 1.45 bits per heavy atom. The number of anilines is 1. The van der Waals surface area contributed by atoms with Gasteiger partial charge in [-0.2, -0.15) is 0 Å². The molecule has 0 bridgehead atoms. The second kappa shape index (κ2) is 2.75. The predicted molar refractivity (Wildman–Crippen MR) is 46.7 cm³/mol. The first-order valence-electron chi connectivity index (χ1n) is 3.45. The summed E-state index contributed by atoms with van der Waals surface area (Å²) in [5, 5.41) is 3.22. The van der Waals surface area contributed by atoms with Crippen LogP contribution in [0.2, 0.25) is 0 Å². The smallest absolute Gasteiger partial charge is 0.180 e. The van der Waals surface area contributed by atoms with Crippen molar-refractivity contribution >= 4 is 17.4 Å². The maximum absolute atomic E-state index is 5.15. The van der Waals surface area contributed by atoms with Gasteiger partial charge in [-0.1, -0.05) is 23.9 Å². The number of nitrogens with one attached hydrogen (secondary N) is 1. The fraction of sp³-hybridized carbons (Fsp3) is 0.250. The Hall–Kier alpha value is -0.670. The fourth-order valence-corrected chi connectivity index (χ4v) is 1.99. The topological polar surface area (TPSA) is 21.3 Å². The standard InChI is InChI=1S/C8H9NOS/c1-10-8-9-6-4-2-3-5-7(6)11-8/h2-5,8-9H,1H3/t8-/m1/s1. The lowest BCUT2D eigenvalue weighted by molar-refractivity contribution is 0.196. The van der Waals surface area contributed by atoms with Crippen LogP contribution in [0.4, 0.5) is 5.69 Å². The molecule has 1 aromatic carbocycles. The number of ether oxygens (including phenoxy) is 1. The van der Waals surface area contributed by atoms with E-state index in [2.05, 4.69) is 17.4 Å². The maximum atomic E-state index is 5.15. The van der Waals surface area contributed by atoms with Crippen molar-refractivity contribution < 1.29 is 4.74 Å². The molecular weight excluding hydrogens is 158 g/mol. The summed E-state index contributed by atoms with van der Waals surface area (Å²) in [6.45, 7) is 0. The molecule has 0 unspecified atom stereocenters. The molecule has 0 spiro atoms. The van der Waals surface area contributed by atoms with E-state index in [0.29, 0.717) is 0 Å². The first-order chi connectivity index (χ1) is 5.40. The van der Waals surface area contributed by atoms with Crippen LogP contribution < -0.4 is 5.32 Å². The Balaban J connectivity index is 2.27. The zero-order valence-corrected chi connectivity index (χ0v) is 7.02. The summed E-state index contributed by atoms with van der Waals surface area (Å²) in [5.74, 6) is 0. The second-order valence-electron chi connectivity index (χ2n) is 2.33. The number of para-hydroxylation sites is 1. The average molecular weight is 167 g/mol. The predicted octanol–water partition coefficient (Wildman–Crippen LogP) is 2.13. The van der Waals surface area contributed by atoms with Crippen LogP contribution in [0, 0.1) is 0 Å². The van der Waals surface area contributed by atoms with Gasteiger partial charge in [-0.05, 0) is 12.1 Å². The number of benzene rings is 1. The van der Waals surface area contributed by atoms with Crippen molar-refractivity contribution in [1.29, 1.82) is 0 Å². The maximum Gasteiger partial charge on any atom is 0.180 e. The van der Waals surface area contributed by atoms with E-state index in [9.17, 15) is 0 Å². The molecule has 1 aliphatic heterocycles. The zero-order valence-electron chi connectivity index (χ0n) is 6.20. The van der Waals surface area contributed by atoms with Crippen molar-refractivity contribution in [2.75, 3.05) is 12.4 Å². The van der Waals surface area contributed by atoms with Crippen LogP contribution in [-0.4, -0.2) is 12.7 Å². The van der Waals surface area contributed by atoms with E-state index < -0.39 is 0 Å². The molecule has 0 saturated heterocycles. The molecule has 0 saturated carbocycles. The highest BCUT2D eigenvalue weighted by atomic mass is 32.2. The van der Waals surface area contributed by atoms with Crippen molar-refractivity contribution in [1.82, 2.24) is 0 Å². The molecule has 3 heteroatoms. The van der Waals surface area contributed by atoms with Crippen LogP contribution in [0.15, 0.2) is 29.2 Å². The number of thioether (sulfide) groups is 1. The lowest BCUT2D eigenvalue weighted by Crippen LogP contribution is -2.11. The van der Waals surface area contributed by atoms with Gasteiger partial charge in [-0.25, -0.2) is 0 Å². The molecule has 1 N–H and O–H groups in total. The van der Waals surface area contributed by atoms with E-state index in [1.165, 1.54) is 10.6 Å². The molecule has 1 heterocycles. The molecule has 0 aliphatic carbocycles. The largest absolute Gasteiger partial charge is 0.352 e. The highest BCUT2D eigenvalue weighted by molar-refractivity contribution is 8.00. The van der Waals surface area contributed by atoms with Crippen LogP contribution in [-0.2, 0) is 4.74 Å². The van der Waals surface area contributed by atoms with Crippen molar-refractivity contribution in [3.05, 3.63) is 24.3 Å². The molecule has 2 rings (SSSR count). The minimum Gasteiger partial charge on any atom is -0.352 e. The molecule has 0 amide bonds. The minimum atomic E-state index is 0.0902. The molecule has 1 aliphatic rings. The van der Waals surface area contributed by atoms with E-state index in [4.69, 9.17) is 4.74 Å². The van der Waals surface area contributed by atoms with Gasteiger partial charge in [0.2, 0.25) is 0 Å². The van der Waals surface area contributed by atoms with Gasteiger partial charge in [-0.3, -0.25) is 0 Å². The Bertz CT molecular complexity index is 239. The fourth-order valence-electron chi connectivity index (χ4n) is 1.07.